The lowest BCUT2D eigenvalue weighted by molar-refractivity contribution is -0.200. The van der Waals surface area contributed by atoms with Crippen molar-refractivity contribution in [2.24, 2.45) is 0 Å². The van der Waals surface area contributed by atoms with Gasteiger partial charge in [0.2, 0.25) is 0 Å². The van der Waals surface area contributed by atoms with Gasteiger partial charge in [-0.2, -0.15) is 0 Å². The van der Waals surface area contributed by atoms with Gasteiger partial charge in [-0.3, -0.25) is 0 Å². The fourth-order valence-electron chi connectivity index (χ4n) is 2.57. The zero-order valence-corrected chi connectivity index (χ0v) is 14.8. The Kier molecular flexibility index (Phi) is 9.10. The highest BCUT2D eigenvalue weighted by atomic mass is 79.9. The molecule has 0 aliphatic carbocycles. The number of rotatable bonds is 10. The van der Waals surface area contributed by atoms with E-state index in [-0.39, 0.29) is 12.4 Å². The molecule has 2 atom stereocenters. The maximum Gasteiger partial charge on any atom is 0.158 e. The smallest absolute Gasteiger partial charge is 0.158 e. The van der Waals surface area contributed by atoms with E-state index in [1.807, 2.05) is 18.2 Å². The van der Waals surface area contributed by atoms with Crippen LogP contribution in [-0.4, -0.2) is 30.9 Å². The van der Waals surface area contributed by atoms with Crippen LogP contribution in [0, 0.1) is 0 Å². The van der Waals surface area contributed by atoms with Gasteiger partial charge in [-0.25, -0.2) is 0 Å². The molecule has 0 bridgehead atoms. The Morgan fingerprint density at radius 3 is 2.77 bits per heavy atom. The topological polar surface area (TPSA) is 27.7 Å². The molecule has 22 heavy (non-hydrogen) atoms. The molecule has 0 N–H and O–H groups in total. The van der Waals surface area contributed by atoms with Crippen LogP contribution < -0.4 is 0 Å². The van der Waals surface area contributed by atoms with Crippen LogP contribution in [-0.2, 0) is 20.8 Å². The molecule has 1 aliphatic heterocycles. The van der Waals surface area contributed by atoms with Crippen LogP contribution in [0.25, 0.3) is 0 Å². The van der Waals surface area contributed by atoms with E-state index >= 15 is 0 Å². The van der Waals surface area contributed by atoms with Crippen LogP contribution in [0.4, 0.5) is 0 Å². The lowest BCUT2D eigenvalue weighted by Gasteiger charge is -2.27. The first-order valence-corrected chi connectivity index (χ1v) is 9.45. The molecular formula is C18H27BrO3. The van der Waals surface area contributed by atoms with Gasteiger partial charge in [-0.1, -0.05) is 46.3 Å². The zero-order chi connectivity index (χ0) is 15.5. The summed E-state index contributed by atoms with van der Waals surface area (Å²) < 4.78 is 17.7. The van der Waals surface area contributed by atoms with E-state index in [1.54, 1.807) is 0 Å². The fourth-order valence-corrected chi connectivity index (χ4v) is 2.97. The lowest BCUT2D eigenvalue weighted by atomic mass is 10.1. The van der Waals surface area contributed by atoms with Crippen LogP contribution >= 0.6 is 15.9 Å². The molecule has 1 aliphatic rings. The SMILES string of the molecule is BrCCCC[C@@H](COCc1ccccc1)OC1CCCCO1. The monoisotopic (exact) mass is 370 g/mol. The van der Waals surface area contributed by atoms with Crippen molar-refractivity contribution in [3.63, 3.8) is 0 Å². The van der Waals surface area contributed by atoms with Gasteiger partial charge in [-0.15, -0.1) is 0 Å². The van der Waals surface area contributed by atoms with E-state index < -0.39 is 0 Å². The van der Waals surface area contributed by atoms with E-state index in [0.29, 0.717) is 13.2 Å². The maximum absolute atomic E-state index is 6.11. The van der Waals surface area contributed by atoms with Gasteiger partial charge in [0.15, 0.2) is 6.29 Å². The highest BCUT2D eigenvalue weighted by Gasteiger charge is 2.19. The Balaban J connectivity index is 1.73. The van der Waals surface area contributed by atoms with Crippen LogP contribution in [0.5, 0.6) is 0 Å². The molecule has 1 aromatic rings. The summed E-state index contributed by atoms with van der Waals surface area (Å²) in [5.41, 5.74) is 1.20. The first kappa shape index (κ1) is 17.9. The van der Waals surface area contributed by atoms with Crippen molar-refractivity contribution < 1.29 is 14.2 Å². The first-order chi connectivity index (χ1) is 10.9. The van der Waals surface area contributed by atoms with Gasteiger partial charge in [0.05, 0.1) is 19.3 Å². The van der Waals surface area contributed by atoms with Gasteiger partial charge in [0.1, 0.15) is 0 Å². The number of benzene rings is 1. The molecule has 0 saturated carbocycles. The van der Waals surface area contributed by atoms with E-state index in [4.69, 9.17) is 14.2 Å². The number of hydrogen-bond donors (Lipinski definition) is 0. The summed E-state index contributed by atoms with van der Waals surface area (Å²) in [5, 5.41) is 1.05. The molecule has 0 amide bonds. The molecule has 1 unspecified atom stereocenters. The van der Waals surface area contributed by atoms with Crippen LogP contribution in [0.2, 0.25) is 0 Å². The van der Waals surface area contributed by atoms with Crippen LogP contribution in [0.3, 0.4) is 0 Å². The fraction of sp³-hybridized carbons (Fsp3) is 0.667. The predicted molar refractivity (Wildman–Crippen MR) is 92.2 cm³/mol. The van der Waals surface area contributed by atoms with Crippen molar-refractivity contribution in [2.45, 2.75) is 57.5 Å². The van der Waals surface area contributed by atoms with E-state index in [9.17, 15) is 0 Å². The summed E-state index contributed by atoms with van der Waals surface area (Å²) in [6, 6.07) is 10.3. The van der Waals surface area contributed by atoms with Gasteiger partial charge in [0, 0.05) is 11.9 Å². The molecule has 1 fully saturated rings. The minimum absolute atomic E-state index is 0.0388. The highest BCUT2D eigenvalue weighted by Crippen LogP contribution is 2.18. The quantitative estimate of drug-likeness (QED) is 0.442. The van der Waals surface area contributed by atoms with Crippen molar-refractivity contribution in [2.75, 3.05) is 18.5 Å². The van der Waals surface area contributed by atoms with Gasteiger partial charge < -0.3 is 14.2 Å². The summed E-state index contributed by atoms with van der Waals surface area (Å²) >= 11 is 3.48. The minimum atomic E-state index is -0.0388. The Hall–Kier alpha value is -0.420. The average Bonchev–Trinajstić information content (AvgIpc) is 2.57. The third kappa shape index (κ3) is 7.23. The largest absolute Gasteiger partial charge is 0.374 e. The van der Waals surface area contributed by atoms with E-state index in [2.05, 4.69) is 28.1 Å². The molecule has 4 heteroatoms. The summed E-state index contributed by atoms with van der Waals surface area (Å²) in [6.45, 7) is 2.10. The van der Waals surface area contributed by atoms with Gasteiger partial charge in [0.25, 0.3) is 0 Å². The van der Waals surface area contributed by atoms with Gasteiger partial charge in [-0.05, 0) is 44.1 Å². The van der Waals surface area contributed by atoms with Crippen molar-refractivity contribution >= 4 is 15.9 Å². The summed E-state index contributed by atoms with van der Waals surface area (Å²) in [6.07, 6.45) is 6.80. The zero-order valence-electron chi connectivity index (χ0n) is 13.2. The summed E-state index contributed by atoms with van der Waals surface area (Å²) in [5.74, 6) is 0. The molecule has 124 valence electrons. The third-order valence-corrected chi connectivity index (χ3v) is 4.37. The molecule has 2 rings (SSSR count). The molecule has 0 spiro atoms. The van der Waals surface area contributed by atoms with Crippen LogP contribution in [0.1, 0.15) is 44.1 Å². The number of unbranched alkanes of at least 4 members (excludes halogenated alkanes) is 1. The van der Waals surface area contributed by atoms with Crippen LogP contribution in [0.15, 0.2) is 30.3 Å². The first-order valence-electron chi connectivity index (χ1n) is 8.33. The number of hydrogen-bond acceptors (Lipinski definition) is 3. The summed E-state index contributed by atoms with van der Waals surface area (Å²) in [4.78, 5) is 0. The predicted octanol–water partition coefficient (Wildman–Crippen LogP) is 4.68. The summed E-state index contributed by atoms with van der Waals surface area (Å²) in [7, 11) is 0. The molecule has 0 radical (unpaired) electrons. The van der Waals surface area contributed by atoms with E-state index in [0.717, 1.165) is 37.6 Å². The van der Waals surface area contributed by atoms with Crippen molar-refractivity contribution in [1.82, 2.24) is 0 Å². The maximum atomic E-state index is 6.11. The Morgan fingerprint density at radius 1 is 1.18 bits per heavy atom. The normalized spacial score (nSPS) is 20.0. The molecule has 1 saturated heterocycles. The second kappa shape index (κ2) is 11.2. The van der Waals surface area contributed by atoms with Gasteiger partial charge >= 0.3 is 0 Å². The second-order valence-corrected chi connectivity index (χ2v) is 6.53. The molecule has 1 aromatic carbocycles. The van der Waals surface area contributed by atoms with Crippen molar-refractivity contribution in [1.29, 1.82) is 0 Å². The molecule has 0 aromatic heterocycles. The minimum Gasteiger partial charge on any atom is -0.374 e. The third-order valence-electron chi connectivity index (χ3n) is 3.81. The van der Waals surface area contributed by atoms with Crippen molar-refractivity contribution in [3.8, 4) is 0 Å². The Bertz CT molecular complexity index is 379. The average molecular weight is 371 g/mol. The number of ether oxygens (including phenoxy) is 3. The molecule has 3 nitrogen and oxygen atoms in total. The number of halogens is 1. The Morgan fingerprint density at radius 2 is 2.05 bits per heavy atom. The number of alkyl halides is 1. The van der Waals surface area contributed by atoms with E-state index in [1.165, 1.54) is 18.4 Å². The lowest BCUT2D eigenvalue weighted by Crippen LogP contribution is -2.30. The second-order valence-electron chi connectivity index (χ2n) is 5.74. The molecular weight excluding hydrogens is 344 g/mol. The molecule has 1 heterocycles. The standard InChI is InChI=1S/C18H27BrO3/c19-12-6-4-10-17(22-18-11-5-7-13-21-18)15-20-14-16-8-2-1-3-9-16/h1-3,8-9,17-18H,4-7,10-15H2/t17-,18?/m0/s1. The highest BCUT2D eigenvalue weighted by molar-refractivity contribution is 9.09. The Labute approximate surface area is 142 Å². The van der Waals surface area contributed by atoms with Crippen molar-refractivity contribution in [3.05, 3.63) is 35.9 Å².